The predicted molar refractivity (Wildman–Crippen MR) is 48.4 cm³/mol. The van der Waals surface area contributed by atoms with Crippen molar-refractivity contribution in [3.05, 3.63) is 0 Å². The second kappa shape index (κ2) is 4.58. The van der Waals surface area contributed by atoms with E-state index in [9.17, 15) is 4.79 Å². The molecule has 0 amide bonds. The Kier molecular flexibility index (Phi) is 3.69. The Morgan fingerprint density at radius 2 is 2.31 bits per heavy atom. The minimum absolute atomic E-state index is 0.0683. The van der Waals surface area contributed by atoms with E-state index >= 15 is 0 Å². The van der Waals surface area contributed by atoms with Crippen LogP contribution in [0.15, 0.2) is 0 Å². The number of methoxy groups -OCH3 is 1. The van der Waals surface area contributed by atoms with Gasteiger partial charge in [-0.25, -0.2) is 0 Å². The summed E-state index contributed by atoms with van der Waals surface area (Å²) in [5.74, 6) is 0.0790. The first-order valence-corrected chi connectivity index (χ1v) is 4.59. The van der Waals surface area contributed by atoms with E-state index in [-0.39, 0.29) is 18.1 Å². The third-order valence-electron chi connectivity index (χ3n) is 2.22. The van der Waals surface area contributed by atoms with Gasteiger partial charge in [0.15, 0.2) is 0 Å². The minimum atomic E-state index is -0.307. The van der Waals surface area contributed by atoms with E-state index < -0.39 is 0 Å². The Morgan fingerprint density at radius 3 is 2.85 bits per heavy atom. The maximum absolute atomic E-state index is 11.3. The van der Waals surface area contributed by atoms with Crippen LogP contribution in [0.5, 0.6) is 0 Å². The van der Waals surface area contributed by atoms with Gasteiger partial charge in [0.1, 0.15) is 6.04 Å². The molecule has 0 aromatic heterocycles. The van der Waals surface area contributed by atoms with E-state index in [1.54, 1.807) is 0 Å². The molecule has 1 saturated heterocycles. The summed E-state index contributed by atoms with van der Waals surface area (Å²) in [5.41, 5.74) is 0. The summed E-state index contributed by atoms with van der Waals surface area (Å²) in [6.07, 6.45) is -0.0683. The highest BCUT2D eigenvalue weighted by Crippen LogP contribution is 2.15. The third-order valence-corrected chi connectivity index (χ3v) is 2.22. The van der Waals surface area contributed by atoms with Crippen LogP contribution in [0, 0.1) is 5.92 Å². The molecule has 1 N–H and O–H groups in total. The zero-order chi connectivity index (χ0) is 9.84. The Morgan fingerprint density at radius 1 is 1.62 bits per heavy atom. The van der Waals surface area contributed by atoms with Crippen LogP contribution >= 0.6 is 0 Å². The number of rotatable bonds is 2. The first kappa shape index (κ1) is 10.5. The van der Waals surface area contributed by atoms with Crippen molar-refractivity contribution in [3.8, 4) is 0 Å². The van der Waals surface area contributed by atoms with Crippen molar-refractivity contribution in [1.82, 2.24) is 5.32 Å². The van der Waals surface area contributed by atoms with E-state index in [0.717, 1.165) is 0 Å². The number of carbonyl (C=O) groups excluding carboxylic acids is 1. The van der Waals surface area contributed by atoms with Gasteiger partial charge in [-0.2, -0.15) is 0 Å². The molecular weight excluding hydrogens is 170 g/mol. The number of ether oxygens (including phenoxy) is 2. The summed E-state index contributed by atoms with van der Waals surface area (Å²) < 4.78 is 10.2. The lowest BCUT2D eigenvalue weighted by molar-refractivity contribution is -0.151. The molecule has 0 aromatic carbocycles. The number of morpholine rings is 1. The highest BCUT2D eigenvalue weighted by atomic mass is 16.5. The van der Waals surface area contributed by atoms with Crippen molar-refractivity contribution in [3.63, 3.8) is 0 Å². The van der Waals surface area contributed by atoms with Crippen molar-refractivity contribution in [2.75, 3.05) is 20.3 Å². The number of nitrogens with one attached hydrogen (secondary N) is 1. The van der Waals surface area contributed by atoms with Gasteiger partial charge in [-0.15, -0.1) is 0 Å². The molecule has 1 fully saturated rings. The van der Waals surface area contributed by atoms with Gasteiger partial charge >= 0.3 is 5.97 Å². The monoisotopic (exact) mass is 187 g/mol. The molecule has 1 heterocycles. The van der Waals surface area contributed by atoms with Crippen molar-refractivity contribution < 1.29 is 14.3 Å². The summed E-state index contributed by atoms with van der Waals surface area (Å²) in [5, 5.41) is 3.10. The molecule has 13 heavy (non-hydrogen) atoms. The van der Waals surface area contributed by atoms with Crippen LogP contribution in [0.2, 0.25) is 0 Å². The Bertz CT molecular complexity index is 182. The zero-order valence-corrected chi connectivity index (χ0v) is 8.37. The van der Waals surface area contributed by atoms with Gasteiger partial charge < -0.3 is 9.47 Å². The summed E-state index contributed by atoms with van der Waals surface area (Å²) in [6.45, 7) is 5.44. The zero-order valence-electron chi connectivity index (χ0n) is 8.37. The molecule has 0 aromatic rings. The van der Waals surface area contributed by atoms with Crippen molar-refractivity contribution in [2.24, 2.45) is 5.92 Å². The Balaban J connectivity index is 2.61. The van der Waals surface area contributed by atoms with Gasteiger partial charge in [0.25, 0.3) is 0 Å². The maximum atomic E-state index is 11.3. The van der Waals surface area contributed by atoms with Crippen LogP contribution in [0.1, 0.15) is 13.8 Å². The van der Waals surface area contributed by atoms with E-state index in [0.29, 0.717) is 19.1 Å². The second-order valence-corrected chi connectivity index (χ2v) is 3.53. The van der Waals surface area contributed by atoms with Crippen molar-refractivity contribution in [1.29, 1.82) is 0 Å². The smallest absolute Gasteiger partial charge is 0.325 e. The maximum Gasteiger partial charge on any atom is 0.325 e. The molecule has 0 bridgehead atoms. The van der Waals surface area contributed by atoms with Gasteiger partial charge in [-0.1, -0.05) is 13.8 Å². The fourth-order valence-corrected chi connectivity index (χ4v) is 1.54. The van der Waals surface area contributed by atoms with Crippen molar-refractivity contribution >= 4 is 5.97 Å². The highest BCUT2D eigenvalue weighted by Gasteiger charge is 2.34. The number of hydrogen-bond donors (Lipinski definition) is 1. The average Bonchev–Trinajstić information content (AvgIpc) is 2.16. The van der Waals surface area contributed by atoms with Crippen LogP contribution in [0.4, 0.5) is 0 Å². The lowest BCUT2D eigenvalue weighted by Crippen LogP contribution is -2.55. The predicted octanol–water partition coefficient (Wildman–Crippen LogP) is 0.172. The van der Waals surface area contributed by atoms with Crippen LogP contribution < -0.4 is 5.32 Å². The molecule has 0 aliphatic carbocycles. The van der Waals surface area contributed by atoms with E-state index in [4.69, 9.17) is 4.74 Å². The summed E-state index contributed by atoms with van der Waals surface area (Å²) in [4.78, 5) is 11.3. The molecule has 4 heteroatoms. The number of hydrogen-bond acceptors (Lipinski definition) is 4. The van der Waals surface area contributed by atoms with Crippen LogP contribution in [0.25, 0.3) is 0 Å². The summed E-state index contributed by atoms with van der Waals surface area (Å²) in [6, 6.07) is -0.307. The molecule has 0 radical (unpaired) electrons. The van der Waals surface area contributed by atoms with Gasteiger partial charge in [0.05, 0.1) is 19.8 Å². The van der Waals surface area contributed by atoms with Crippen LogP contribution in [0.3, 0.4) is 0 Å². The van der Waals surface area contributed by atoms with E-state index in [1.165, 1.54) is 7.11 Å². The quantitative estimate of drug-likeness (QED) is 0.626. The Hall–Kier alpha value is -0.610. The van der Waals surface area contributed by atoms with Gasteiger partial charge in [0.2, 0.25) is 0 Å². The lowest BCUT2D eigenvalue weighted by Gasteiger charge is -2.33. The molecule has 4 nitrogen and oxygen atoms in total. The molecule has 1 aliphatic heterocycles. The third kappa shape index (κ3) is 2.42. The fourth-order valence-electron chi connectivity index (χ4n) is 1.54. The molecular formula is C9H17NO3. The standard InChI is InChI=1S/C9H17NO3/c1-6(2)8-7(9(11)12-3)10-4-5-13-8/h6-8,10H,4-5H2,1-3H3/t7-,8+/m0/s1. The average molecular weight is 187 g/mol. The number of esters is 1. The molecule has 1 rings (SSSR count). The fraction of sp³-hybridized carbons (Fsp3) is 0.889. The largest absolute Gasteiger partial charge is 0.468 e. The van der Waals surface area contributed by atoms with Gasteiger partial charge in [-0.05, 0) is 5.92 Å². The highest BCUT2D eigenvalue weighted by molar-refractivity contribution is 5.76. The first-order chi connectivity index (χ1) is 6.16. The first-order valence-electron chi connectivity index (χ1n) is 4.59. The molecule has 0 spiro atoms. The van der Waals surface area contributed by atoms with Gasteiger partial charge in [-0.3, -0.25) is 10.1 Å². The van der Waals surface area contributed by atoms with E-state index in [1.807, 2.05) is 13.8 Å². The number of carbonyl (C=O) groups is 1. The second-order valence-electron chi connectivity index (χ2n) is 3.53. The Labute approximate surface area is 78.6 Å². The van der Waals surface area contributed by atoms with Gasteiger partial charge in [0, 0.05) is 6.54 Å². The van der Waals surface area contributed by atoms with Crippen LogP contribution in [-0.2, 0) is 14.3 Å². The van der Waals surface area contributed by atoms with Crippen LogP contribution in [-0.4, -0.2) is 38.4 Å². The molecule has 0 unspecified atom stereocenters. The summed E-state index contributed by atoms with van der Waals surface area (Å²) in [7, 11) is 1.40. The summed E-state index contributed by atoms with van der Waals surface area (Å²) >= 11 is 0. The molecule has 0 saturated carbocycles. The van der Waals surface area contributed by atoms with E-state index in [2.05, 4.69) is 10.1 Å². The van der Waals surface area contributed by atoms with Crippen molar-refractivity contribution in [2.45, 2.75) is 26.0 Å². The molecule has 1 aliphatic rings. The normalized spacial score (nSPS) is 28.9. The SMILES string of the molecule is COC(=O)[C@H]1NCCO[C@@H]1C(C)C. The lowest BCUT2D eigenvalue weighted by atomic mass is 9.98. The molecule has 76 valence electrons. The minimum Gasteiger partial charge on any atom is -0.468 e. The molecule has 2 atom stereocenters. The topological polar surface area (TPSA) is 47.6 Å².